The lowest BCUT2D eigenvalue weighted by atomic mass is 9.68. The van der Waals surface area contributed by atoms with Gasteiger partial charge in [-0.25, -0.2) is 8.42 Å². The maximum atomic E-state index is 13.0. The molecule has 1 aliphatic heterocycles. The van der Waals surface area contributed by atoms with Gasteiger partial charge >= 0.3 is 0 Å². The van der Waals surface area contributed by atoms with Crippen LogP contribution >= 0.6 is 0 Å². The van der Waals surface area contributed by atoms with Gasteiger partial charge < -0.3 is 5.32 Å². The molecule has 28 heavy (non-hydrogen) atoms. The predicted molar refractivity (Wildman–Crippen MR) is 110 cm³/mol. The van der Waals surface area contributed by atoms with Crippen LogP contribution in [0.1, 0.15) is 69.7 Å². The van der Waals surface area contributed by atoms with E-state index in [2.05, 4.69) is 26.1 Å². The Morgan fingerprint density at radius 2 is 1.86 bits per heavy atom. The molecule has 154 valence electrons. The van der Waals surface area contributed by atoms with Crippen molar-refractivity contribution >= 4 is 15.9 Å². The molecule has 3 aliphatic rings. The molecule has 3 atom stereocenters. The third kappa shape index (κ3) is 3.18. The van der Waals surface area contributed by atoms with Crippen LogP contribution in [0.3, 0.4) is 0 Å². The van der Waals surface area contributed by atoms with Gasteiger partial charge in [0.15, 0.2) is 0 Å². The van der Waals surface area contributed by atoms with E-state index < -0.39 is 10.0 Å². The fraction of sp³-hybridized carbons (Fsp3) is 0.682. The number of hydrogen-bond acceptors (Lipinski definition) is 3. The topological polar surface area (TPSA) is 66.5 Å². The molecule has 1 heterocycles. The van der Waals surface area contributed by atoms with Gasteiger partial charge in [0.1, 0.15) is 0 Å². The Labute approximate surface area is 168 Å². The highest BCUT2D eigenvalue weighted by Gasteiger charge is 2.59. The van der Waals surface area contributed by atoms with Crippen molar-refractivity contribution in [2.75, 3.05) is 13.1 Å². The number of nitrogens with one attached hydrogen (secondary N) is 1. The SMILES string of the molecule is CC1(C)[C@@H]2CC[C@@](C)(C2)[C@@H]1NC(=O)c1cccc(S(=O)(=O)N2CCCCC2)c1. The first-order chi connectivity index (χ1) is 13.1. The molecule has 1 saturated heterocycles. The highest BCUT2D eigenvalue weighted by atomic mass is 32.2. The molecule has 5 nitrogen and oxygen atoms in total. The molecule has 0 aromatic heterocycles. The summed E-state index contributed by atoms with van der Waals surface area (Å²) in [4.78, 5) is 13.3. The standard InChI is InChI=1S/C22H32N2O3S/c1-21(2)17-10-11-22(3,15-17)20(21)23-19(25)16-8-7-9-18(14-16)28(26,27)24-12-5-4-6-13-24/h7-9,14,17,20H,4-6,10-13,15H2,1-3H3,(H,23,25)/t17-,20-,22+/m1/s1. The van der Waals surface area contributed by atoms with Crippen LogP contribution in [0.4, 0.5) is 0 Å². The van der Waals surface area contributed by atoms with Gasteiger partial charge in [-0.15, -0.1) is 0 Å². The number of sulfonamides is 1. The zero-order valence-electron chi connectivity index (χ0n) is 17.2. The van der Waals surface area contributed by atoms with E-state index in [-0.39, 0.29) is 27.7 Å². The molecular formula is C22H32N2O3S. The minimum atomic E-state index is -3.54. The van der Waals surface area contributed by atoms with Crippen molar-refractivity contribution in [3.05, 3.63) is 29.8 Å². The molecule has 4 rings (SSSR count). The van der Waals surface area contributed by atoms with E-state index >= 15 is 0 Å². The summed E-state index contributed by atoms with van der Waals surface area (Å²) >= 11 is 0. The number of piperidine rings is 1. The zero-order valence-corrected chi connectivity index (χ0v) is 18.0. The van der Waals surface area contributed by atoms with Crippen LogP contribution in [0.2, 0.25) is 0 Å². The fourth-order valence-corrected chi connectivity index (χ4v) is 7.49. The lowest BCUT2D eigenvalue weighted by Crippen LogP contribution is -2.52. The van der Waals surface area contributed by atoms with Gasteiger partial charge in [0.2, 0.25) is 10.0 Å². The Morgan fingerprint density at radius 3 is 2.50 bits per heavy atom. The van der Waals surface area contributed by atoms with E-state index in [4.69, 9.17) is 0 Å². The van der Waals surface area contributed by atoms with E-state index in [0.29, 0.717) is 24.6 Å². The lowest BCUT2D eigenvalue weighted by molar-refractivity contribution is 0.0737. The minimum Gasteiger partial charge on any atom is -0.348 e. The molecule has 2 aliphatic carbocycles. The smallest absolute Gasteiger partial charge is 0.251 e. The number of fused-ring (bicyclic) bond motifs is 2. The van der Waals surface area contributed by atoms with Crippen LogP contribution in [0.25, 0.3) is 0 Å². The van der Waals surface area contributed by atoms with Gasteiger partial charge in [-0.2, -0.15) is 4.31 Å². The second-order valence-corrected chi connectivity index (χ2v) is 11.8. The van der Waals surface area contributed by atoms with Crippen molar-refractivity contribution in [1.82, 2.24) is 9.62 Å². The van der Waals surface area contributed by atoms with Crippen molar-refractivity contribution in [2.24, 2.45) is 16.7 Å². The Kier molecular flexibility index (Phi) is 4.86. The van der Waals surface area contributed by atoms with Gasteiger partial charge in [-0.3, -0.25) is 4.79 Å². The molecular weight excluding hydrogens is 372 g/mol. The third-order valence-electron chi connectivity index (χ3n) is 7.59. The summed E-state index contributed by atoms with van der Waals surface area (Å²) in [6.07, 6.45) is 6.42. The average molecular weight is 405 g/mol. The number of hydrogen-bond donors (Lipinski definition) is 1. The van der Waals surface area contributed by atoms with Gasteiger partial charge in [0.25, 0.3) is 5.91 Å². The highest BCUT2D eigenvalue weighted by Crippen LogP contribution is 2.62. The van der Waals surface area contributed by atoms with Crippen molar-refractivity contribution in [3.8, 4) is 0 Å². The molecule has 1 aromatic carbocycles. The first-order valence-electron chi connectivity index (χ1n) is 10.6. The van der Waals surface area contributed by atoms with Gasteiger partial charge in [-0.1, -0.05) is 33.3 Å². The van der Waals surface area contributed by atoms with E-state index in [1.54, 1.807) is 28.6 Å². The Hall–Kier alpha value is -1.40. The largest absolute Gasteiger partial charge is 0.348 e. The lowest BCUT2D eigenvalue weighted by Gasteiger charge is -2.43. The number of nitrogens with zero attached hydrogens (tertiary/aromatic N) is 1. The predicted octanol–water partition coefficient (Wildman–Crippen LogP) is 3.81. The molecule has 2 bridgehead atoms. The summed E-state index contributed by atoms with van der Waals surface area (Å²) in [5.74, 6) is 0.483. The van der Waals surface area contributed by atoms with Crippen molar-refractivity contribution in [3.63, 3.8) is 0 Å². The Bertz CT molecular complexity index is 869. The van der Waals surface area contributed by atoms with Crippen LogP contribution in [0, 0.1) is 16.7 Å². The summed E-state index contributed by atoms with van der Waals surface area (Å²) in [7, 11) is -3.54. The fourth-order valence-electron chi connectivity index (χ4n) is 5.93. The summed E-state index contributed by atoms with van der Waals surface area (Å²) in [6, 6.07) is 6.66. The van der Waals surface area contributed by atoms with E-state index in [9.17, 15) is 13.2 Å². The van der Waals surface area contributed by atoms with Crippen molar-refractivity contribution in [1.29, 1.82) is 0 Å². The molecule has 3 fully saturated rings. The molecule has 0 unspecified atom stereocenters. The molecule has 1 aromatic rings. The van der Waals surface area contributed by atoms with Crippen LogP contribution in [0.15, 0.2) is 29.2 Å². The maximum absolute atomic E-state index is 13.0. The summed E-state index contributed by atoms with van der Waals surface area (Å²) in [5.41, 5.74) is 0.641. The summed E-state index contributed by atoms with van der Waals surface area (Å²) < 4.78 is 27.5. The number of carbonyl (C=O) groups is 1. The number of carbonyl (C=O) groups excluding carboxylic acids is 1. The highest BCUT2D eigenvalue weighted by molar-refractivity contribution is 7.89. The van der Waals surface area contributed by atoms with Crippen molar-refractivity contribution < 1.29 is 13.2 Å². The molecule has 1 N–H and O–H groups in total. The molecule has 0 spiro atoms. The minimum absolute atomic E-state index is 0.0696. The molecule has 0 radical (unpaired) electrons. The van der Waals surface area contributed by atoms with Gasteiger partial charge in [0.05, 0.1) is 4.90 Å². The monoisotopic (exact) mass is 404 g/mol. The number of benzene rings is 1. The third-order valence-corrected chi connectivity index (χ3v) is 9.49. The average Bonchev–Trinajstić information content (AvgIpc) is 3.17. The second kappa shape index (κ2) is 6.84. The quantitative estimate of drug-likeness (QED) is 0.830. The Morgan fingerprint density at radius 1 is 1.14 bits per heavy atom. The van der Waals surface area contributed by atoms with E-state index in [1.807, 2.05) is 0 Å². The number of amides is 1. The molecule has 1 amide bonds. The van der Waals surface area contributed by atoms with E-state index in [0.717, 1.165) is 32.1 Å². The van der Waals surface area contributed by atoms with E-state index in [1.165, 1.54) is 6.42 Å². The molecule has 6 heteroatoms. The first kappa shape index (κ1) is 19.9. The zero-order chi connectivity index (χ0) is 20.2. The van der Waals surface area contributed by atoms with Gasteiger partial charge in [-0.05, 0) is 67.1 Å². The summed E-state index contributed by atoms with van der Waals surface area (Å²) in [6.45, 7) is 7.92. The Balaban J connectivity index is 1.55. The first-order valence-corrected chi connectivity index (χ1v) is 12.0. The van der Waals surface area contributed by atoms with Gasteiger partial charge in [0, 0.05) is 24.7 Å². The number of rotatable bonds is 4. The normalized spacial score (nSPS) is 32.4. The maximum Gasteiger partial charge on any atom is 0.251 e. The van der Waals surface area contributed by atoms with Crippen LogP contribution in [-0.2, 0) is 10.0 Å². The van der Waals surface area contributed by atoms with Crippen LogP contribution < -0.4 is 5.32 Å². The van der Waals surface area contributed by atoms with Crippen LogP contribution in [0.5, 0.6) is 0 Å². The molecule has 2 saturated carbocycles. The van der Waals surface area contributed by atoms with Crippen LogP contribution in [-0.4, -0.2) is 37.8 Å². The van der Waals surface area contributed by atoms with Crippen molar-refractivity contribution in [2.45, 2.75) is 70.2 Å². The summed E-state index contributed by atoms with van der Waals surface area (Å²) in [5, 5.41) is 3.27. The second-order valence-electron chi connectivity index (χ2n) is 9.81.